The van der Waals surface area contributed by atoms with Crippen LogP contribution in [0.5, 0.6) is 0 Å². The second-order valence-corrected chi connectivity index (χ2v) is 5.43. The lowest BCUT2D eigenvalue weighted by Gasteiger charge is -2.12. The number of anilines is 1. The van der Waals surface area contributed by atoms with Gasteiger partial charge in [-0.05, 0) is 17.9 Å². The Labute approximate surface area is 111 Å². The fourth-order valence-corrected chi connectivity index (χ4v) is 2.64. The lowest BCUT2D eigenvalue weighted by molar-refractivity contribution is -0.123. The second-order valence-electron chi connectivity index (χ2n) is 4.12. The number of hydrogen-bond acceptors (Lipinski definition) is 3. The van der Waals surface area contributed by atoms with Crippen molar-refractivity contribution < 1.29 is 9.59 Å². The minimum atomic E-state index is -0.253. The summed E-state index contributed by atoms with van der Waals surface area (Å²) in [5.41, 5.74) is 0.827. The zero-order chi connectivity index (χ0) is 13.0. The van der Waals surface area contributed by atoms with Crippen LogP contribution in [0.3, 0.4) is 0 Å². The lowest BCUT2D eigenvalue weighted by Crippen LogP contribution is -2.24. The summed E-state index contributed by atoms with van der Waals surface area (Å²) in [5, 5.41) is 5.58. The first-order valence-electron chi connectivity index (χ1n) is 6.00. The molecule has 0 spiro atoms. The van der Waals surface area contributed by atoms with Gasteiger partial charge in [-0.25, -0.2) is 0 Å². The Bertz CT molecular complexity index is 462. The number of carbonyl (C=O) groups is 2. The summed E-state index contributed by atoms with van der Waals surface area (Å²) in [5.74, 6) is 0.567. The van der Waals surface area contributed by atoms with Gasteiger partial charge in [-0.1, -0.05) is 19.1 Å². The van der Waals surface area contributed by atoms with Gasteiger partial charge < -0.3 is 10.6 Å². The fraction of sp³-hybridized carbons (Fsp3) is 0.385. The predicted octanol–water partition coefficient (Wildman–Crippen LogP) is 1.87. The standard InChI is InChI=1S/C13H16N2O2S/c1-2-18-11-6-4-3-5-10(11)15-13(17)9-7-12(16)14-8-9/h3-6,9H,2,7-8H2,1H3,(H,14,16)(H,15,17). The number of thioether (sulfide) groups is 1. The van der Waals surface area contributed by atoms with Crippen LogP contribution in [-0.4, -0.2) is 24.1 Å². The van der Waals surface area contributed by atoms with E-state index in [4.69, 9.17) is 0 Å². The third-order valence-corrected chi connectivity index (χ3v) is 3.75. The normalized spacial score (nSPS) is 18.5. The summed E-state index contributed by atoms with van der Waals surface area (Å²) < 4.78 is 0. The van der Waals surface area contributed by atoms with Crippen LogP contribution in [0.25, 0.3) is 0 Å². The first-order chi connectivity index (χ1) is 8.70. The van der Waals surface area contributed by atoms with E-state index in [0.717, 1.165) is 16.3 Å². The van der Waals surface area contributed by atoms with Crippen molar-refractivity contribution in [2.75, 3.05) is 17.6 Å². The highest BCUT2D eigenvalue weighted by atomic mass is 32.2. The van der Waals surface area contributed by atoms with E-state index >= 15 is 0 Å². The Morgan fingerprint density at radius 2 is 2.28 bits per heavy atom. The predicted molar refractivity (Wildman–Crippen MR) is 72.6 cm³/mol. The van der Waals surface area contributed by atoms with Crippen molar-refractivity contribution in [3.05, 3.63) is 24.3 Å². The number of hydrogen-bond donors (Lipinski definition) is 2. The molecule has 0 saturated carbocycles. The highest BCUT2D eigenvalue weighted by Gasteiger charge is 2.28. The molecular weight excluding hydrogens is 248 g/mol. The monoisotopic (exact) mass is 264 g/mol. The molecule has 1 aliphatic heterocycles. The molecule has 0 aromatic heterocycles. The minimum Gasteiger partial charge on any atom is -0.355 e. The molecule has 4 nitrogen and oxygen atoms in total. The van der Waals surface area contributed by atoms with Crippen molar-refractivity contribution in [3.63, 3.8) is 0 Å². The van der Waals surface area contributed by atoms with Crippen LogP contribution in [0, 0.1) is 5.92 Å². The van der Waals surface area contributed by atoms with Crippen molar-refractivity contribution in [2.24, 2.45) is 5.92 Å². The van der Waals surface area contributed by atoms with Crippen molar-refractivity contribution in [2.45, 2.75) is 18.2 Å². The molecule has 96 valence electrons. The average Bonchev–Trinajstić information content (AvgIpc) is 2.79. The quantitative estimate of drug-likeness (QED) is 0.816. The molecule has 1 aliphatic rings. The van der Waals surface area contributed by atoms with E-state index in [9.17, 15) is 9.59 Å². The van der Waals surface area contributed by atoms with E-state index in [1.807, 2.05) is 24.3 Å². The third-order valence-electron chi connectivity index (χ3n) is 2.79. The number of nitrogens with one attached hydrogen (secondary N) is 2. The first kappa shape index (κ1) is 13.0. The summed E-state index contributed by atoms with van der Waals surface area (Å²) in [7, 11) is 0. The van der Waals surface area contributed by atoms with Crippen LogP contribution in [0.15, 0.2) is 29.2 Å². The van der Waals surface area contributed by atoms with Crippen LogP contribution < -0.4 is 10.6 Å². The molecule has 2 N–H and O–H groups in total. The molecule has 1 atom stereocenters. The van der Waals surface area contributed by atoms with Gasteiger partial charge in [0, 0.05) is 17.9 Å². The summed E-state index contributed by atoms with van der Waals surface area (Å²) >= 11 is 1.69. The number of rotatable bonds is 4. The van der Waals surface area contributed by atoms with E-state index in [1.165, 1.54) is 0 Å². The van der Waals surface area contributed by atoms with Crippen molar-refractivity contribution >= 4 is 29.3 Å². The van der Waals surface area contributed by atoms with Gasteiger partial charge >= 0.3 is 0 Å². The second kappa shape index (κ2) is 5.91. The van der Waals surface area contributed by atoms with Crippen molar-refractivity contribution in [1.82, 2.24) is 5.32 Å². The van der Waals surface area contributed by atoms with Crippen LogP contribution in [0.4, 0.5) is 5.69 Å². The van der Waals surface area contributed by atoms with Gasteiger partial charge in [-0.2, -0.15) is 0 Å². The Hall–Kier alpha value is -1.49. The zero-order valence-electron chi connectivity index (χ0n) is 10.2. The summed E-state index contributed by atoms with van der Waals surface area (Å²) in [6.45, 7) is 2.51. The van der Waals surface area contributed by atoms with Crippen LogP contribution in [0.2, 0.25) is 0 Å². The van der Waals surface area contributed by atoms with Gasteiger partial charge in [-0.3, -0.25) is 9.59 Å². The van der Waals surface area contributed by atoms with Gasteiger partial charge in [0.15, 0.2) is 0 Å². The Morgan fingerprint density at radius 1 is 1.50 bits per heavy atom. The average molecular weight is 264 g/mol. The molecule has 0 bridgehead atoms. The van der Waals surface area contributed by atoms with E-state index in [1.54, 1.807) is 11.8 Å². The molecule has 0 aliphatic carbocycles. The smallest absolute Gasteiger partial charge is 0.229 e. The van der Waals surface area contributed by atoms with Gasteiger partial charge in [0.2, 0.25) is 11.8 Å². The van der Waals surface area contributed by atoms with Gasteiger partial charge in [-0.15, -0.1) is 11.8 Å². The Balaban J connectivity index is 2.04. The maximum Gasteiger partial charge on any atom is 0.229 e. The van der Waals surface area contributed by atoms with E-state index in [-0.39, 0.29) is 24.2 Å². The maximum atomic E-state index is 12.0. The number of para-hydroxylation sites is 1. The molecule has 0 radical (unpaired) electrons. The molecule has 1 aromatic carbocycles. The third kappa shape index (κ3) is 3.04. The van der Waals surface area contributed by atoms with Gasteiger partial charge in [0.25, 0.3) is 0 Å². The molecule has 18 heavy (non-hydrogen) atoms. The zero-order valence-corrected chi connectivity index (χ0v) is 11.0. The fourth-order valence-electron chi connectivity index (χ4n) is 1.88. The van der Waals surface area contributed by atoms with Crippen LogP contribution >= 0.6 is 11.8 Å². The SMILES string of the molecule is CCSc1ccccc1NC(=O)C1CNC(=O)C1. The molecule has 2 amide bonds. The molecule has 1 unspecified atom stereocenters. The summed E-state index contributed by atoms with van der Waals surface area (Å²) in [4.78, 5) is 24.1. The molecule has 1 saturated heterocycles. The van der Waals surface area contributed by atoms with Crippen molar-refractivity contribution in [1.29, 1.82) is 0 Å². The first-order valence-corrected chi connectivity index (χ1v) is 6.98. The Morgan fingerprint density at radius 3 is 2.94 bits per heavy atom. The molecule has 2 rings (SSSR count). The van der Waals surface area contributed by atoms with Crippen LogP contribution in [-0.2, 0) is 9.59 Å². The molecule has 1 aromatic rings. The lowest BCUT2D eigenvalue weighted by atomic mass is 10.1. The minimum absolute atomic E-state index is 0.0497. The van der Waals surface area contributed by atoms with E-state index < -0.39 is 0 Å². The van der Waals surface area contributed by atoms with E-state index in [0.29, 0.717) is 6.54 Å². The van der Waals surface area contributed by atoms with Crippen LogP contribution in [0.1, 0.15) is 13.3 Å². The molecule has 1 fully saturated rings. The molecule has 1 heterocycles. The molecular formula is C13H16N2O2S. The van der Waals surface area contributed by atoms with Crippen molar-refractivity contribution in [3.8, 4) is 0 Å². The van der Waals surface area contributed by atoms with Gasteiger partial charge in [0.05, 0.1) is 11.6 Å². The summed E-state index contributed by atoms with van der Waals surface area (Å²) in [6, 6.07) is 7.73. The maximum absolute atomic E-state index is 12.0. The number of carbonyl (C=O) groups excluding carboxylic acids is 2. The number of amides is 2. The highest BCUT2D eigenvalue weighted by molar-refractivity contribution is 7.99. The molecule has 5 heteroatoms. The largest absolute Gasteiger partial charge is 0.355 e. The number of benzene rings is 1. The van der Waals surface area contributed by atoms with E-state index in [2.05, 4.69) is 17.6 Å². The highest BCUT2D eigenvalue weighted by Crippen LogP contribution is 2.27. The Kier molecular flexibility index (Phi) is 4.25. The van der Waals surface area contributed by atoms with Gasteiger partial charge in [0.1, 0.15) is 0 Å². The topological polar surface area (TPSA) is 58.2 Å². The summed E-state index contributed by atoms with van der Waals surface area (Å²) in [6.07, 6.45) is 0.287.